The van der Waals surface area contributed by atoms with Crippen molar-refractivity contribution in [1.82, 2.24) is 0 Å². The summed E-state index contributed by atoms with van der Waals surface area (Å²) in [5.74, 6) is 1.74. The van der Waals surface area contributed by atoms with Crippen LogP contribution in [0.3, 0.4) is 0 Å². The third kappa shape index (κ3) is 1.66. The molecule has 0 aromatic carbocycles. The highest BCUT2D eigenvalue weighted by Crippen LogP contribution is 2.38. The second-order valence-corrected chi connectivity index (χ2v) is 3.88. The van der Waals surface area contributed by atoms with E-state index in [2.05, 4.69) is 15.9 Å². The lowest BCUT2D eigenvalue weighted by Gasteiger charge is -2.20. The SMILES string of the molecule is C#C[C@H]1O[C@@H](N=[N+]=[N-])[C@H]2OC(C)(C)O[C@H]21. The van der Waals surface area contributed by atoms with Crippen LogP contribution in [0.25, 0.3) is 10.4 Å². The van der Waals surface area contributed by atoms with E-state index in [-0.39, 0.29) is 6.10 Å². The molecule has 0 aliphatic carbocycles. The van der Waals surface area contributed by atoms with Crippen molar-refractivity contribution < 1.29 is 14.2 Å². The van der Waals surface area contributed by atoms with E-state index in [1.54, 1.807) is 13.8 Å². The summed E-state index contributed by atoms with van der Waals surface area (Å²) >= 11 is 0. The molecule has 2 rings (SSSR count). The molecule has 0 bridgehead atoms. The van der Waals surface area contributed by atoms with Gasteiger partial charge in [-0.2, -0.15) is 0 Å². The Labute approximate surface area is 87.1 Å². The van der Waals surface area contributed by atoms with E-state index >= 15 is 0 Å². The quantitative estimate of drug-likeness (QED) is 0.281. The van der Waals surface area contributed by atoms with Gasteiger partial charge in [-0.15, -0.1) is 6.42 Å². The highest BCUT2D eigenvalue weighted by Gasteiger charge is 2.54. The number of nitrogens with zero attached hydrogens (tertiary/aromatic N) is 3. The van der Waals surface area contributed by atoms with Gasteiger partial charge in [-0.3, -0.25) is 0 Å². The first kappa shape index (κ1) is 10.3. The minimum absolute atomic E-state index is 0.361. The van der Waals surface area contributed by atoms with Gasteiger partial charge in [-0.1, -0.05) is 11.0 Å². The minimum Gasteiger partial charge on any atom is -0.351 e. The number of ether oxygens (including phenoxy) is 3. The fourth-order valence-corrected chi connectivity index (χ4v) is 1.85. The zero-order chi connectivity index (χ0) is 11.1. The molecule has 0 saturated carbocycles. The van der Waals surface area contributed by atoms with Gasteiger partial charge in [-0.25, -0.2) is 0 Å². The van der Waals surface area contributed by atoms with Crippen LogP contribution in [0.2, 0.25) is 0 Å². The Hall–Kier alpha value is -1.25. The van der Waals surface area contributed by atoms with Crippen molar-refractivity contribution in [3.8, 4) is 12.3 Å². The van der Waals surface area contributed by atoms with E-state index in [0.29, 0.717) is 0 Å². The fourth-order valence-electron chi connectivity index (χ4n) is 1.85. The molecule has 6 nitrogen and oxygen atoms in total. The molecule has 0 radical (unpaired) electrons. The van der Waals surface area contributed by atoms with Gasteiger partial charge >= 0.3 is 0 Å². The van der Waals surface area contributed by atoms with Gasteiger partial charge in [0.25, 0.3) is 0 Å². The normalized spacial score (nSPS) is 41.7. The number of hydrogen-bond donors (Lipinski definition) is 0. The van der Waals surface area contributed by atoms with Crippen molar-refractivity contribution in [2.75, 3.05) is 0 Å². The molecule has 0 amide bonds. The standard InChI is InChI=1S/C9H11N3O3/c1-4-5-6-7(8(13-5)11-12-10)15-9(2,3)14-6/h1,5-8H,2-3H3/t5-,6+,7+,8-/m1/s1. The predicted octanol–water partition coefficient (Wildman–Crippen LogP) is 1.17. The molecule has 2 aliphatic heterocycles. The van der Waals surface area contributed by atoms with Crippen LogP contribution in [-0.4, -0.2) is 30.3 Å². The molecule has 0 aromatic rings. The summed E-state index contributed by atoms with van der Waals surface area (Å²) < 4.78 is 16.4. The third-order valence-corrected chi connectivity index (χ3v) is 2.36. The summed E-state index contributed by atoms with van der Waals surface area (Å²) in [5, 5.41) is 3.49. The summed E-state index contributed by atoms with van der Waals surface area (Å²) in [6.07, 6.45) is 3.28. The number of hydrogen-bond acceptors (Lipinski definition) is 4. The second-order valence-electron chi connectivity index (χ2n) is 3.88. The third-order valence-electron chi connectivity index (χ3n) is 2.36. The number of terminal acetylenes is 1. The van der Waals surface area contributed by atoms with E-state index in [0.717, 1.165) is 0 Å². The van der Waals surface area contributed by atoms with E-state index in [1.165, 1.54) is 0 Å². The summed E-state index contributed by atoms with van der Waals surface area (Å²) in [6.45, 7) is 3.57. The lowest BCUT2D eigenvalue weighted by atomic mass is 10.1. The summed E-state index contributed by atoms with van der Waals surface area (Å²) in [7, 11) is 0. The predicted molar refractivity (Wildman–Crippen MR) is 50.5 cm³/mol. The number of fused-ring (bicyclic) bond motifs is 1. The zero-order valence-electron chi connectivity index (χ0n) is 8.45. The van der Waals surface area contributed by atoms with Crippen molar-refractivity contribution in [2.45, 2.75) is 44.2 Å². The minimum atomic E-state index is -0.711. The Morgan fingerprint density at radius 2 is 2.07 bits per heavy atom. The van der Waals surface area contributed by atoms with Crippen molar-refractivity contribution >= 4 is 0 Å². The first-order valence-corrected chi connectivity index (χ1v) is 4.59. The Kier molecular flexibility index (Phi) is 2.33. The molecule has 0 N–H and O–H groups in total. The van der Waals surface area contributed by atoms with Crippen LogP contribution in [0, 0.1) is 12.3 Å². The van der Waals surface area contributed by atoms with Crippen LogP contribution in [0.15, 0.2) is 5.11 Å². The smallest absolute Gasteiger partial charge is 0.167 e. The first-order chi connectivity index (χ1) is 7.07. The van der Waals surface area contributed by atoms with Crippen molar-refractivity contribution in [3.05, 3.63) is 10.4 Å². The molecule has 2 heterocycles. The highest BCUT2D eigenvalue weighted by atomic mass is 16.8. The molecule has 6 heteroatoms. The van der Waals surface area contributed by atoms with Gasteiger partial charge in [0.2, 0.25) is 0 Å². The first-order valence-electron chi connectivity index (χ1n) is 4.59. The van der Waals surface area contributed by atoms with Crippen molar-refractivity contribution in [1.29, 1.82) is 0 Å². The summed E-state index contributed by atoms with van der Waals surface area (Å²) in [6, 6.07) is 0. The molecular formula is C9H11N3O3. The van der Waals surface area contributed by atoms with Crippen LogP contribution in [0.5, 0.6) is 0 Å². The van der Waals surface area contributed by atoms with Crippen LogP contribution >= 0.6 is 0 Å². The van der Waals surface area contributed by atoms with Crippen molar-refractivity contribution in [2.24, 2.45) is 5.11 Å². The van der Waals surface area contributed by atoms with Crippen LogP contribution in [0.1, 0.15) is 13.8 Å². The van der Waals surface area contributed by atoms with Gasteiger partial charge in [-0.05, 0) is 19.4 Å². The van der Waals surface area contributed by atoms with E-state index in [4.69, 9.17) is 26.2 Å². The highest BCUT2D eigenvalue weighted by molar-refractivity contribution is 5.09. The van der Waals surface area contributed by atoms with E-state index in [1.807, 2.05) is 0 Å². The molecule has 2 aliphatic rings. The topological polar surface area (TPSA) is 76.5 Å². The number of azide groups is 1. The lowest BCUT2D eigenvalue weighted by Crippen LogP contribution is -2.28. The fraction of sp³-hybridized carbons (Fsp3) is 0.778. The Morgan fingerprint density at radius 3 is 2.67 bits per heavy atom. The van der Waals surface area contributed by atoms with Gasteiger partial charge < -0.3 is 14.2 Å². The molecule has 2 fully saturated rings. The Bertz CT molecular complexity index is 356. The van der Waals surface area contributed by atoms with Crippen LogP contribution in [0.4, 0.5) is 0 Å². The molecule has 0 aromatic heterocycles. The van der Waals surface area contributed by atoms with Gasteiger partial charge in [0.05, 0.1) is 0 Å². The maximum atomic E-state index is 8.37. The molecule has 15 heavy (non-hydrogen) atoms. The van der Waals surface area contributed by atoms with Gasteiger partial charge in [0, 0.05) is 4.91 Å². The lowest BCUT2D eigenvalue weighted by molar-refractivity contribution is -0.180. The Morgan fingerprint density at radius 1 is 1.40 bits per heavy atom. The molecular weight excluding hydrogens is 198 g/mol. The Balaban J connectivity index is 2.23. The summed E-state index contributed by atoms with van der Waals surface area (Å²) in [5.41, 5.74) is 8.37. The molecule has 80 valence electrons. The van der Waals surface area contributed by atoms with Crippen LogP contribution < -0.4 is 0 Å². The van der Waals surface area contributed by atoms with Gasteiger partial charge in [0.15, 0.2) is 12.0 Å². The van der Waals surface area contributed by atoms with Crippen LogP contribution in [-0.2, 0) is 14.2 Å². The average Bonchev–Trinajstić information content (AvgIpc) is 2.61. The monoisotopic (exact) mass is 209 g/mol. The molecule has 2 saturated heterocycles. The molecule has 4 atom stereocenters. The molecule has 0 spiro atoms. The van der Waals surface area contributed by atoms with Crippen molar-refractivity contribution in [3.63, 3.8) is 0 Å². The van der Waals surface area contributed by atoms with Gasteiger partial charge in [0.1, 0.15) is 18.3 Å². The summed E-state index contributed by atoms with van der Waals surface area (Å²) in [4.78, 5) is 2.69. The maximum Gasteiger partial charge on any atom is 0.167 e. The largest absolute Gasteiger partial charge is 0.351 e. The second kappa shape index (κ2) is 3.40. The van der Waals surface area contributed by atoms with E-state index in [9.17, 15) is 0 Å². The zero-order valence-corrected chi connectivity index (χ0v) is 8.45. The average molecular weight is 209 g/mol. The number of rotatable bonds is 1. The maximum absolute atomic E-state index is 8.37. The van der Waals surface area contributed by atoms with E-state index < -0.39 is 24.2 Å². The molecule has 0 unspecified atom stereocenters.